The first-order valence-corrected chi connectivity index (χ1v) is 7.43. The van der Waals surface area contributed by atoms with Gasteiger partial charge in [0.25, 0.3) is 0 Å². The van der Waals surface area contributed by atoms with E-state index < -0.39 is 0 Å². The van der Waals surface area contributed by atoms with Crippen molar-refractivity contribution in [1.29, 1.82) is 0 Å². The Kier molecular flexibility index (Phi) is 3.12. The number of rotatable bonds is 2. The molecule has 4 rings (SSSR count). The van der Waals surface area contributed by atoms with E-state index in [1.165, 1.54) is 12.8 Å². The summed E-state index contributed by atoms with van der Waals surface area (Å²) in [5.74, 6) is 6.78. The number of nitrogens with two attached hydrogens (primary N) is 1. The lowest BCUT2D eigenvalue weighted by Crippen LogP contribution is -2.53. The summed E-state index contributed by atoms with van der Waals surface area (Å²) in [6.07, 6.45) is 6.83. The average Bonchev–Trinajstić information content (AvgIpc) is 3.02. The van der Waals surface area contributed by atoms with E-state index >= 15 is 0 Å². The van der Waals surface area contributed by atoms with Crippen LogP contribution in [-0.2, 0) is 4.74 Å². The third-order valence-electron chi connectivity index (χ3n) is 4.42. The molecule has 4 N–H and O–H groups in total. The maximum Gasteiger partial charge on any atom is 0.241 e. The minimum atomic E-state index is 0.304. The van der Waals surface area contributed by atoms with Crippen molar-refractivity contribution in [1.82, 2.24) is 20.2 Å². The quantitative estimate of drug-likeness (QED) is 0.554. The monoisotopic (exact) mass is 289 g/mol. The van der Waals surface area contributed by atoms with Crippen LogP contribution < -0.4 is 16.2 Å². The van der Waals surface area contributed by atoms with Crippen molar-refractivity contribution in [3.8, 4) is 0 Å². The highest BCUT2D eigenvalue weighted by atomic mass is 16.5. The summed E-state index contributed by atoms with van der Waals surface area (Å²) in [5, 5.41) is 7.90. The van der Waals surface area contributed by atoms with E-state index in [9.17, 15) is 0 Å². The highest BCUT2D eigenvalue weighted by Gasteiger charge is 2.35. The molecule has 21 heavy (non-hydrogen) atoms. The highest BCUT2D eigenvalue weighted by molar-refractivity contribution is 5.87. The fourth-order valence-electron chi connectivity index (χ4n) is 3.46. The van der Waals surface area contributed by atoms with Crippen LogP contribution in [0.3, 0.4) is 0 Å². The number of fused-ring (bicyclic) bond motifs is 2. The molecule has 8 nitrogen and oxygen atoms in total. The molecule has 0 amide bonds. The summed E-state index contributed by atoms with van der Waals surface area (Å²) < 4.78 is 5.93. The van der Waals surface area contributed by atoms with Crippen LogP contribution in [0, 0.1) is 0 Å². The van der Waals surface area contributed by atoms with E-state index in [1.54, 1.807) is 6.20 Å². The van der Waals surface area contributed by atoms with Crippen molar-refractivity contribution in [3.05, 3.63) is 6.20 Å². The molecule has 1 saturated carbocycles. The largest absolute Gasteiger partial charge is 0.374 e. The molecule has 3 heterocycles. The number of nitrogen functional groups attached to an aromatic ring is 1. The minimum absolute atomic E-state index is 0.304. The summed E-state index contributed by atoms with van der Waals surface area (Å²) in [7, 11) is 0. The lowest BCUT2D eigenvalue weighted by Gasteiger charge is -2.44. The Labute approximate surface area is 122 Å². The maximum absolute atomic E-state index is 5.93. The topological polar surface area (TPSA) is 105 Å². The zero-order valence-corrected chi connectivity index (χ0v) is 11.7. The predicted molar refractivity (Wildman–Crippen MR) is 78.8 cm³/mol. The molecule has 1 aliphatic carbocycles. The number of anilines is 2. The standard InChI is InChI=1S/C13H19N7O/c14-18-13-16-11-8(7-15-19-11)12(17-13)20-5-6-21-10-4-2-1-3-9(10)20/h7,9-10H,1-6,14H2,(H2,15,16,17,18,19). The molecule has 2 atom stereocenters. The molecule has 8 heteroatoms. The number of hydrogen-bond donors (Lipinski definition) is 3. The summed E-state index contributed by atoms with van der Waals surface area (Å²) in [6, 6.07) is 0.381. The van der Waals surface area contributed by atoms with Gasteiger partial charge in [0.2, 0.25) is 5.95 Å². The van der Waals surface area contributed by atoms with Gasteiger partial charge in [0, 0.05) is 6.54 Å². The summed E-state index contributed by atoms with van der Waals surface area (Å²) in [6.45, 7) is 1.57. The van der Waals surface area contributed by atoms with Gasteiger partial charge in [-0.15, -0.1) is 0 Å². The van der Waals surface area contributed by atoms with E-state index in [0.29, 0.717) is 23.7 Å². The third kappa shape index (κ3) is 2.11. The van der Waals surface area contributed by atoms with E-state index in [4.69, 9.17) is 10.6 Å². The van der Waals surface area contributed by atoms with Crippen molar-refractivity contribution in [2.45, 2.75) is 37.8 Å². The number of H-pyrrole nitrogens is 1. The van der Waals surface area contributed by atoms with Gasteiger partial charge in [0.1, 0.15) is 5.82 Å². The third-order valence-corrected chi connectivity index (χ3v) is 4.42. The van der Waals surface area contributed by atoms with Crippen LogP contribution in [-0.4, -0.2) is 45.5 Å². The van der Waals surface area contributed by atoms with Crippen LogP contribution >= 0.6 is 0 Å². The van der Waals surface area contributed by atoms with Crippen molar-refractivity contribution in [2.24, 2.45) is 5.84 Å². The number of aromatic nitrogens is 4. The lowest BCUT2D eigenvalue weighted by atomic mass is 9.90. The minimum Gasteiger partial charge on any atom is -0.374 e. The molecule has 1 saturated heterocycles. The Morgan fingerprint density at radius 1 is 1.33 bits per heavy atom. The number of hydrazine groups is 1. The van der Waals surface area contributed by atoms with Gasteiger partial charge in [0.05, 0.1) is 30.3 Å². The molecular formula is C13H19N7O. The lowest BCUT2D eigenvalue weighted by molar-refractivity contribution is -0.00886. The number of ether oxygens (including phenoxy) is 1. The molecular weight excluding hydrogens is 270 g/mol. The molecule has 112 valence electrons. The van der Waals surface area contributed by atoms with Gasteiger partial charge in [-0.2, -0.15) is 15.1 Å². The Morgan fingerprint density at radius 2 is 2.24 bits per heavy atom. The van der Waals surface area contributed by atoms with Crippen LogP contribution in [0.2, 0.25) is 0 Å². The second kappa shape index (κ2) is 5.12. The fourth-order valence-corrected chi connectivity index (χ4v) is 3.46. The van der Waals surface area contributed by atoms with Crippen LogP contribution in [0.15, 0.2) is 6.20 Å². The number of morpholine rings is 1. The molecule has 0 aromatic carbocycles. The first kappa shape index (κ1) is 12.8. The average molecular weight is 289 g/mol. The Bertz CT molecular complexity index is 640. The van der Waals surface area contributed by atoms with Crippen LogP contribution in [0.4, 0.5) is 11.8 Å². The Hall–Kier alpha value is -1.93. The van der Waals surface area contributed by atoms with Gasteiger partial charge >= 0.3 is 0 Å². The van der Waals surface area contributed by atoms with Gasteiger partial charge in [0.15, 0.2) is 5.65 Å². The molecule has 2 fully saturated rings. The zero-order valence-electron chi connectivity index (χ0n) is 11.7. The second-order valence-electron chi connectivity index (χ2n) is 5.60. The fraction of sp³-hybridized carbons (Fsp3) is 0.615. The van der Waals surface area contributed by atoms with E-state index in [1.807, 2.05) is 0 Å². The van der Waals surface area contributed by atoms with E-state index in [0.717, 1.165) is 37.2 Å². The van der Waals surface area contributed by atoms with Crippen molar-refractivity contribution in [3.63, 3.8) is 0 Å². The normalized spacial score (nSPS) is 25.9. The smallest absolute Gasteiger partial charge is 0.241 e. The Morgan fingerprint density at radius 3 is 3.14 bits per heavy atom. The van der Waals surface area contributed by atoms with Crippen LogP contribution in [0.5, 0.6) is 0 Å². The molecule has 1 aliphatic heterocycles. The number of aromatic amines is 1. The predicted octanol–water partition coefficient (Wildman–Crippen LogP) is 0.786. The zero-order chi connectivity index (χ0) is 14.2. The number of nitrogens with zero attached hydrogens (tertiary/aromatic N) is 4. The molecule has 0 spiro atoms. The SMILES string of the molecule is NNc1nc(N2CCOC3CCCCC32)c2cn[nH]c2n1. The van der Waals surface area contributed by atoms with E-state index in [2.05, 4.69) is 30.5 Å². The first-order valence-electron chi connectivity index (χ1n) is 7.43. The molecule has 2 unspecified atom stereocenters. The second-order valence-corrected chi connectivity index (χ2v) is 5.60. The van der Waals surface area contributed by atoms with Gasteiger partial charge < -0.3 is 9.64 Å². The molecule has 0 radical (unpaired) electrons. The molecule has 2 aliphatic rings. The highest BCUT2D eigenvalue weighted by Crippen LogP contribution is 2.34. The van der Waals surface area contributed by atoms with Gasteiger partial charge in [-0.05, 0) is 12.8 Å². The van der Waals surface area contributed by atoms with Crippen molar-refractivity contribution < 1.29 is 4.74 Å². The van der Waals surface area contributed by atoms with Crippen molar-refractivity contribution >= 4 is 22.8 Å². The Balaban J connectivity index is 1.78. The van der Waals surface area contributed by atoms with Gasteiger partial charge in [-0.3, -0.25) is 10.5 Å². The summed E-state index contributed by atoms with van der Waals surface area (Å²) in [5.41, 5.74) is 3.23. The number of nitrogens with one attached hydrogen (secondary N) is 2. The number of hydrogen-bond acceptors (Lipinski definition) is 7. The van der Waals surface area contributed by atoms with E-state index in [-0.39, 0.29) is 0 Å². The summed E-state index contributed by atoms with van der Waals surface area (Å²) >= 11 is 0. The van der Waals surface area contributed by atoms with Crippen LogP contribution in [0.1, 0.15) is 25.7 Å². The van der Waals surface area contributed by atoms with Crippen molar-refractivity contribution in [2.75, 3.05) is 23.5 Å². The first-order chi connectivity index (χ1) is 10.4. The summed E-state index contributed by atoms with van der Waals surface area (Å²) in [4.78, 5) is 11.2. The maximum atomic E-state index is 5.93. The van der Waals surface area contributed by atoms with Gasteiger partial charge in [-0.25, -0.2) is 5.84 Å². The van der Waals surface area contributed by atoms with Crippen LogP contribution in [0.25, 0.3) is 11.0 Å². The van der Waals surface area contributed by atoms with Gasteiger partial charge in [-0.1, -0.05) is 12.8 Å². The molecule has 0 bridgehead atoms. The molecule has 2 aromatic rings. The molecule has 2 aromatic heterocycles.